The van der Waals surface area contributed by atoms with Crippen molar-refractivity contribution in [3.63, 3.8) is 0 Å². The number of nitrogens with zero attached hydrogens (tertiary/aromatic N) is 1. The van der Waals surface area contributed by atoms with Gasteiger partial charge in [-0.1, -0.05) is 18.2 Å². The number of halogens is 1. The average Bonchev–Trinajstić information content (AvgIpc) is 3.11. The number of aliphatic imine (C=N–C) groups is 1. The molecule has 0 fully saturated rings. The molecule has 6 heteroatoms. The number of benzene rings is 2. The molecular formula is C23H21IN2O2S. The minimum Gasteiger partial charge on any atom is -0.496 e. The molecule has 1 N–H and O–H groups in total. The molecule has 0 atom stereocenters. The van der Waals surface area contributed by atoms with E-state index in [0.29, 0.717) is 0 Å². The monoisotopic (exact) mass is 516 g/mol. The van der Waals surface area contributed by atoms with Crippen molar-refractivity contribution in [2.45, 2.75) is 25.7 Å². The summed E-state index contributed by atoms with van der Waals surface area (Å²) in [7, 11) is 1.67. The largest absolute Gasteiger partial charge is 0.496 e. The van der Waals surface area contributed by atoms with Crippen LogP contribution < -0.4 is 10.1 Å². The van der Waals surface area contributed by atoms with Gasteiger partial charge in [0.2, 0.25) is 0 Å². The number of fused-ring (bicyclic) bond motifs is 1. The lowest BCUT2D eigenvalue weighted by Crippen LogP contribution is -2.14. The van der Waals surface area contributed by atoms with Crippen LogP contribution in [0.25, 0.3) is 0 Å². The number of hydrogen-bond donors (Lipinski definition) is 1. The molecule has 2 aromatic carbocycles. The number of carbonyl (C=O) groups is 1. The van der Waals surface area contributed by atoms with Crippen molar-refractivity contribution in [2.24, 2.45) is 4.99 Å². The first-order valence-corrected chi connectivity index (χ1v) is 11.4. The lowest BCUT2D eigenvalue weighted by Gasteiger charge is -2.12. The van der Waals surface area contributed by atoms with Crippen LogP contribution in [0.4, 0.5) is 10.7 Å². The van der Waals surface area contributed by atoms with Gasteiger partial charge < -0.3 is 10.1 Å². The van der Waals surface area contributed by atoms with Gasteiger partial charge >= 0.3 is 0 Å². The number of hydrogen-bond acceptors (Lipinski definition) is 4. The maximum absolute atomic E-state index is 13.1. The topological polar surface area (TPSA) is 50.7 Å². The Balaban J connectivity index is 1.67. The zero-order chi connectivity index (χ0) is 20.2. The second kappa shape index (κ2) is 9.09. The molecule has 1 aliphatic carbocycles. The third-order valence-electron chi connectivity index (χ3n) is 4.92. The molecule has 1 amide bonds. The maximum atomic E-state index is 13.1. The van der Waals surface area contributed by atoms with E-state index < -0.39 is 0 Å². The number of amides is 1. The zero-order valence-electron chi connectivity index (χ0n) is 16.1. The number of anilines is 1. The Kier molecular flexibility index (Phi) is 6.30. The van der Waals surface area contributed by atoms with Gasteiger partial charge in [0.25, 0.3) is 5.91 Å². The smallest absolute Gasteiger partial charge is 0.259 e. The predicted molar refractivity (Wildman–Crippen MR) is 128 cm³/mol. The van der Waals surface area contributed by atoms with Crippen molar-refractivity contribution in [3.05, 3.63) is 73.7 Å². The van der Waals surface area contributed by atoms with E-state index in [-0.39, 0.29) is 5.91 Å². The van der Waals surface area contributed by atoms with E-state index in [4.69, 9.17) is 9.73 Å². The number of methoxy groups -OCH3 is 1. The van der Waals surface area contributed by atoms with Crippen LogP contribution in [-0.2, 0) is 12.8 Å². The summed E-state index contributed by atoms with van der Waals surface area (Å²) in [5.74, 6) is 0.768. The van der Waals surface area contributed by atoms with Gasteiger partial charge in [-0.25, -0.2) is 4.99 Å². The van der Waals surface area contributed by atoms with Crippen LogP contribution in [0.3, 0.4) is 0 Å². The normalized spacial score (nSPS) is 13.3. The molecule has 0 bridgehead atoms. The number of nitrogens with one attached hydrogen (secondary N) is 1. The van der Waals surface area contributed by atoms with Gasteiger partial charge in [0, 0.05) is 16.8 Å². The molecule has 0 radical (unpaired) electrons. The first-order chi connectivity index (χ1) is 14.2. The zero-order valence-corrected chi connectivity index (χ0v) is 19.0. The summed E-state index contributed by atoms with van der Waals surface area (Å²) in [5, 5.41) is 3.82. The molecule has 0 saturated carbocycles. The second-order valence-corrected chi connectivity index (χ2v) is 9.11. The number of thiophene rings is 1. The first kappa shape index (κ1) is 20.1. The Morgan fingerprint density at radius 2 is 1.97 bits per heavy atom. The Hall–Kier alpha value is -2.19. The molecular weight excluding hydrogens is 495 g/mol. The van der Waals surface area contributed by atoms with E-state index >= 15 is 0 Å². The fourth-order valence-electron chi connectivity index (χ4n) is 3.49. The highest BCUT2D eigenvalue weighted by Crippen LogP contribution is 2.40. The van der Waals surface area contributed by atoms with Crippen molar-refractivity contribution in [1.82, 2.24) is 0 Å². The first-order valence-electron chi connectivity index (χ1n) is 9.54. The Labute approximate surface area is 188 Å². The molecule has 0 saturated heterocycles. The minimum absolute atomic E-state index is 0.0768. The average molecular weight is 516 g/mol. The van der Waals surface area contributed by atoms with E-state index in [9.17, 15) is 4.79 Å². The highest BCUT2D eigenvalue weighted by Gasteiger charge is 2.25. The van der Waals surface area contributed by atoms with E-state index in [2.05, 4.69) is 27.9 Å². The summed E-state index contributed by atoms with van der Waals surface area (Å²) in [4.78, 5) is 19.1. The quantitative estimate of drug-likeness (QED) is 0.322. The third-order valence-corrected chi connectivity index (χ3v) is 6.96. The highest BCUT2D eigenvalue weighted by atomic mass is 127. The number of rotatable bonds is 5. The second-order valence-electron chi connectivity index (χ2n) is 6.86. The predicted octanol–water partition coefficient (Wildman–Crippen LogP) is 6.24. The van der Waals surface area contributed by atoms with Crippen LogP contribution in [-0.4, -0.2) is 19.2 Å². The molecule has 3 aromatic rings. The molecule has 0 spiro atoms. The van der Waals surface area contributed by atoms with E-state index in [1.807, 2.05) is 54.7 Å². The van der Waals surface area contributed by atoms with Crippen LogP contribution in [0.1, 0.15) is 39.2 Å². The number of para-hydroxylation sites is 1. The van der Waals surface area contributed by atoms with Crippen molar-refractivity contribution >= 4 is 56.7 Å². The Bertz CT molecular complexity index is 1060. The molecule has 148 valence electrons. The standard InChI is InChI=1S/C23H21IN2O2S/c1-28-19-12-11-15(13-18(19)24)14-25-23-21(17-9-5-6-10-20(17)29-23)22(27)26-16-7-3-2-4-8-16/h2-4,7-8,11-14H,5-6,9-10H2,1H3,(H,26,27). The summed E-state index contributed by atoms with van der Waals surface area (Å²) < 4.78 is 6.35. The van der Waals surface area contributed by atoms with E-state index in [0.717, 1.165) is 50.4 Å². The summed E-state index contributed by atoms with van der Waals surface area (Å²) in [6.45, 7) is 0. The minimum atomic E-state index is -0.0768. The molecule has 1 aliphatic rings. The van der Waals surface area contributed by atoms with Gasteiger partial charge in [-0.2, -0.15) is 0 Å². The van der Waals surface area contributed by atoms with Crippen LogP contribution in [0, 0.1) is 3.57 Å². The third kappa shape index (κ3) is 4.53. The van der Waals surface area contributed by atoms with Crippen molar-refractivity contribution in [2.75, 3.05) is 12.4 Å². The van der Waals surface area contributed by atoms with E-state index in [1.54, 1.807) is 18.4 Å². The molecule has 29 heavy (non-hydrogen) atoms. The van der Waals surface area contributed by atoms with E-state index in [1.165, 1.54) is 16.9 Å². The number of aryl methyl sites for hydroxylation is 1. The Morgan fingerprint density at radius 1 is 1.17 bits per heavy atom. The van der Waals surface area contributed by atoms with Crippen LogP contribution in [0.2, 0.25) is 0 Å². The molecule has 4 nitrogen and oxygen atoms in total. The summed E-state index contributed by atoms with van der Waals surface area (Å²) in [5.41, 5.74) is 3.68. The fourth-order valence-corrected chi connectivity index (χ4v) is 5.48. The van der Waals surface area contributed by atoms with Gasteiger partial charge in [-0.05, 0) is 89.7 Å². The summed E-state index contributed by atoms with van der Waals surface area (Å²) in [6, 6.07) is 15.5. The highest BCUT2D eigenvalue weighted by molar-refractivity contribution is 14.1. The fraction of sp³-hybridized carbons (Fsp3) is 0.217. The summed E-state index contributed by atoms with van der Waals surface area (Å²) in [6.07, 6.45) is 6.10. The SMILES string of the molecule is COc1ccc(C=Nc2sc3c(c2C(=O)Nc2ccccc2)CCCC3)cc1I. The van der Waals surface area contributed by atoms with Crippen LogP contribution >= 0.6 is 33.9 Å². The summed E-state index contributed by atoms with van der Waals surface area (Å²) >= 11 is 3.90. The Morgan fingerprint density at radius 3 is 2.72 bits per heavy atom. The molecule has 1 heterocycles. The van der Waals surface area contributed by atoms with Crippen molar-refractivity contribution < 1.29 is 9.53 Å². The van der Waals surface area contributed by atoms with Gasteiger partial charge in [0.1, 0.15) is 10.8 Å². The molecule has 0 aliphatic heterocycles. The lowest BCUT2D eigenvalue weighted by molar-refractivity contribution is 0.102. The van der Waals surface area contributed by atoms with Crippen molar-refractivity contribution in [1.29, 1.82) is 0 Å². The molecule has 0 unspecified atom stereocenters. The van der Waals surface area contributed by atoms with Gasteiger partial charge in [-0.3, -0.25) is 4.79 Å². The molecule has 4 rings (SSSR count). The number of ether oxygens (including phenoxy) is 1. The maximum Gasteiger partial charge on any atom is 0.259 e. The lowest BCUT2D eigenvalue weighted by atomic mass is 9.95. The molecule has 1 aromatic heterocycles. The van der Waals surface area contributed by atoms with Gasteiger partial charge in [0.15, 0.2) is 0 Å². The number of carbonyl (C=O) groups excluding carboxylic acids is 1. The van der Waals surface area contributed by atoms with Crippen LogP contribution in [0.5, 0.6) is 5.75 Å². The van der Waals surface area contributed by atoms with Crippen molar-refractivity contribution in [3.8, 4) is 5.75 Å². The van der Waals surface area contributed by atoms with Gasteiger partial charge in [-0.15, -0.1) is 11.3 Å². The van der Waals surface area contributed by atoms with Crippen LogP contribution in [0.15, 0.2) is 53.5 Å². The van der Waals surface area contributed by atoms with Gasteiger partial charge in [0.05, 0.1) is 16.2 Å².